The van der Waals surface area contributed by atoms with Crippen LogP contribution in [0.3, 0.4) is 0 Å². The van der Waals surface area contributed by atoms with Gasteiger partial charge in [-0.25, -0.2) is 0 Å². The average Bonchev–Trinajstić information content (AvgIpc) is 2.38. The molecule has 0 aliphatic heterocycles. The number of halogens is 1. The van der Waals surface area contributed by atoms with Gasteiger partial charge in [-0.3, -0.25) is 0 Å². The molecule has 0 spiro atoms. The van der Waals surface area contributed by atoms with Gasteiger partial charge in [-0.1, -0.05) is 13.8 Å². The lowest BCUT2D eigenvalue weighted by molar-refractivity contribution is 0.0253. The Kier molecular flexibility index (Phi) is 13.2. The van der Waals surface area contributed by atoms with Gasteiger partial charge in [-0.2, -0.15) is 0 Å². The molecular formula is C14H30ClNO3. The van der Waals surface area contributed by atoms with Gasteiger partial charge in [0.25, 0.3) is 0 Å². The van der Waals surface area contributed by atoms with Crippen molar-refractivity contribution in [2.75, 3.05) is 59.1 Å². The molecule has 0 aromatic rings. The maximum Gasteiger partial charge on any atom is 0.0701 e. The maximum atomic E-state index is 5.71. The van der Waals surface area contributed by atoms with Crippen LogP contribution in [0.2, 0.25) is 0 Å². The molecule has 0 amide bonds. The summed E-state index contributed by atoms with van der Waals surface area (Å²) in [6, 6.07) is 0. The molecule has 0 saturated heterocycles. The smallest absolute Gasteiger partial charge is 0.0701 e. The summed E-state index contributed by atoms with van der Waals surface area (Å²) in [5.74, 6) is 0.746. The molecule has 0 bridgehead atoms. The van der Waals surface area contributed by atoms with E-state index in [0.29, 0.717) is 31.8 Å². The van der Waals surface area contributed by atoms with Crippen molar-refractivity contribution >= 4 is 11.6 Å². The Balaban J connectivity index is 3.21. The highest BCUT2D eigenvalue weighted by Crippen LogP contribution is 2.21. The fourth-order valence-corrected chi connectivity index (χ4v) is 1.80. The van der Waals surface area contributed by atoms with Gasteiger partial charge in [0.2, 0.25) is 0 Å². The third-order valence-electron chi connectivity index (χ3n) is 2.82. The van der Waals surface area contributed by atoms with E-state index in [-0.39, 0.29) is 0 Å². The molecule has 1 N–H and O–H groups in total. The van der Waals surface area contributed by atoms with Crippen molar-refractivity contribution in [2.45, 2.75) is 26.7 Å². The van der Waals surface area contributed by atoms with E-state index >= 15 is 0 Å². The van der Waals surface area contributed by atoms with Gasteiger partial charge in [-0.15, -0.1) is 11.6 Å². The molecule has 0 atom stereocenters. The molecule has 0 aromatic carbocycles. The number of alkyl halides is 1. The summed E-state index contributed by atoms with van der Waals surface area (Å²) in [6.07, 6.45) is 2.23. The van der Waals surface area contributed by atoms with Crippen LogP contribution in [-0.2, 0) is 14.2 Å². The number of hydrogen-bond donors (Lipinski definition) is 1. The lowest BCUT2D eigenvalue weighted by Crippen LogP contribution is -2.32. The number of methoxy groups -OCH3 is 1. The van der Waals surface area contributed by atoms with E-state index in [4.69, 9.17) is 25.8 Å². The third kappa shape index (κ3) is 14.4. The highest BCUT2D eigenvalue weighted by atomic mass is 35.5. The lowest BCUT2D eigenvalue weighted by atomic mass is 9.88. The molecule has 0 aliphatic rings. The van der Waals surface area contributed by atoms with Crippen LogP contribution in [-0.4, -0.2) is 59.1 Å². The van der Waals surface area contributed by atoms with Crippen LogP contribution in [0.1, 0.15) is 26.7 Å². The molecule has 5 heteroatoms. The van der Waals surface area contributed by atoms with Crippen molar-refractivity contribution in [3.63, 3.8) is 0 Å². The van der Waals surface area contributed by atoms with E-state index in [0.717, 1.165) is 38.4 Å². The second kappa shape index (κ2) is 13.1. The van der Waals surface area contributed by atoms with Crippen LogP contribution in [0.5, 0.6) is 0 Å². The van der Waals surface area contributed by atoms with E-state index in [2.05, 4.69) is 19.2 Å². The molecule has 0 aromatic heterocycles. The van der Waals surface area contributed by atoms with Crippen molar-refractivity contribution in [1.29, 1.82) is 0 Å². The summed E-state index contributed by atoms with van der Waals surface area (Å²) in [5.41, 5.74) is 0.304. The van der Waals surface area contributed by atoms with E-state index < -0.39 is 0 Å². The first-order valence-electron chi connectivity index (χ1n) is 7.03. The third-order valence-corrected chi connectivity index (χ3v) is 3.08. The summed E-state index contributed by atoms with van der Waals surface area (Å²) in [6.45, 7) is 9.66. The summed E-state index contributed by atoms with van der Waals surface area (Å²) < 4.78 is 15.6. The predicted molar refractivity (Wildman–Crippen MR) is 80.1 cm³/mol. The first-order valence-corrected chi connectivity index (χ1v) is 7.57. The van der Waals surface area contributed by atoms with Gasteiger partial charge < -0.3 is 19.5 Å². The number of ether oxygens (including phenoxy) is 3. The minimum absolute atomic E-state index is 0.304. The molecule has 0 aliphatic carbocycles. The standard InChI is InChI=1S/C14H30ClNO3/c1-14(2,5-4-6-15)13-16-7-8-18-11-12-19-10-9-17-3/h16H,4-13H2,1-3H3. The minimum atomic E-state index is 0.304. The number of rotatable bonds is 14. The quantitative estimate of drug-likeness (QED) is 0.394. The fraction of sp³-hybridized carbons (Fsp3) is 1.00. The first kappa shape index (κ1) is 19.1. The molecular weight excluding hydrogens is 266 g/mol. The van der Waals surface area contributed by atoms with Crippen LogP contribution >= 0.6 is 11.6 Å². The zero-order valence-corrected chi connectivity index (χ0v) is 13.4. The van der Waals surface area contributed by atoms with Crippen molar-refractivity contribution < 1.29 is 14.2 Å². The average molecular weight is 296 g/mol. The normalized spacial score (nSPS) is 12.0. The van der Waals surface area contributed by atoms with Gasteiger partial charge in [-0.05, 0) is 18.3 Å². The van der Waals surface area contributed by atoms with Gasteiger partial charge in [0.15, 0.2) is 0 Å². The first-order chi connectivity index (χ1) is 9.12. The van der Waals surface area contributed by atoms with Gasteiger partial charge in [0, 0.05) is 26.1 Å². The molecule has 0 saturated carbocycles. The van der Waals surface area contributed by atoms with Gasteiger partial charge in [0.1, 0.15) is 0 Å². The monoisotopic (exact) mass is 295 g/mol. The largest absolute Gasteiger partial charge is 0.382 e. The Bertz CT molecular complexity index is 192. The highest BCUT2D eigenvalue weighted by molar-refractivity contribution is 6.17. The molecule has 0 unspecified atom stereocenters. The Morgan fingerprint density at radius 2 is 1.63 bits per heavy atom. The Hall–Kier alpha value is 0.130. The molecule has 0 radical (unpaired) electrons. The predicted octanol–water partition coefficient (Wildman–Crippen LogP) is 2.30. The molecule has 19 heavy (non-hydrogen) atoms. The van der Waals surface area contributed by atoms with Crippen LogP contribution in [0.15, 0.2) is 0 Å². The highest BCUT2D eigenvalue weighted by Gasteiger charge is 2.16. The summed E-state index contributed by atoms with van der Waals surface area (Å²) in [5, 5.41) is 3.42. The second-order valence-corrected chi connectivity index (χ2v) is 5.73. The zero-order chi connectivity index (χ0) is 14.4. The SMILES string of the molecule is COCCOCCOCCNCC(C)(C)CCCCl. The second-order valence-electron chi connectivity index (χ2n) is 5.35. The fourth-order valence-electron chi connectivity index (χ4n) is 1.67. The molecule has 0 fully saturated rings. The maximum absolute atomic E-state index is 5.71. The van der Waals surface area contributed by atoms with Crippen molar-refractivity contribution in [3.8, 4) is 0 Å². The van der Waals surface area contributed by atoms with E-state index in [1.54, 1.807) is 7.11 Å². The van der Waals surface area contributed by atoms with E-state index in [9.17, 15) is 0 Å². The summed E-state index contributed by atoms with van der Waals surface area (Å²) in [4.78, 5) is 0. The Morgan fingerprint density at radius 3 is 2.26 bits per heavy atom. The summed E-state index contributed by atoms with van der Waals surface area (Å²) >= 11 is 5.71. The van der Waals surface area contributed by atoms with Gasteiger partial charge >= 0.3 is 0 Å². The number of hydrogen-bond acceptors (Lipinski definition) is 4. The van der Waals surface area contributed by atoms with E-state index in [1.807, 2.05) is 0 Å². The van der Waals surface area contributed by atoms with Crippen molar-refractivity contribution in [2.24, 2.45) is 5.41 Å². The summed E-state index contributed by atoms with van der Waals surface area (Å²) in [7, 11) is 1.67. The minimum Gasteiger partial charge on any atom is -0.382 e. The van der Waals surface area contributed by atoms with Crippen LogP contribution in [0.4, 0.5) is 0 Å². The molecule has 116 valence electrons. The molecule has 0 rings (SSSR count). The Morgan fingerprint density at radius 1 is 1.00 bits per heavy atom. The Labute approximate surface area is 123 Å². The zero-order valence-electron chi connectivity index (χ0n) is 12.7. The topological polar surface area (TPSA) is 39.7 Å². The van der Waals surface area contributed by atoms with Crippen LogP contribution in [0, 0.1) is 5.41 Å². The molecule has 0 heterocycles. The lowest BCUT2D eigenvalue weighted by Gasteiger charge is -2.24. The van der Waals surface area contributed by atoms with Crippen LogP contribution < -0.4 is 5.32 Å². The van der Waals surface area contributed by atoms with E-state index in [1.165, 1.54) is 0 Å². The van der Waals surface area contributed by atoms with Crippen LogP contribution in [0.25, 0.3) is 0 Å². The number of nitrogens with one attached hydrogen (secondary N) is 1. The molecule has 4 nitrogen and oxygen atoms in total. The van der Waals surface area contributed by atoms with Crippen molar-refractivity contribution in [1.82, 2.24) is 5.32 Å². The van der Waals surface area contributed by atoms with Gasteiger partial charge in [0.05, 0.1) is 33.0 Å². The van der Waals surface area contributed by atoms with Crippen molar-refractivity contribution in [3.05, 3.63) is 0 Å².